The van der Waals surface area contributed by atoms with Crippen molar-refractivity contribution < 1.29 is 0 Å². The van der Waals surface area contributed by atoms with Crippen molar-refractivity contribution in [3.05, 3.63) is 35.5 Å². The molecule has 1 aromatic carbocycles. The van der Waals surface area contributed by atoms with Crippen LogP contribution in [-0.4, -0.2) is 30.1 Å². The number of aromatic nitrogens is 1. The van der Waals surface area contributed by atoms with Gasteiger partial charge < -0.3 is 9.47 Å². The molecule has 0 saturated heterocycles. The second-order valence-electron chi connectivity index (χ2n) is 7.01. The van der Waals surface area contributed by atoms with Crippen molar-refractivity contribution in [1.82, 2.24) is 9.47 Å². The van der Waals surface area contributed by atoms with Crippen molar-refractivity contribution >= 4 is 23.3 Å². The van der Waals surface area contributed by atoms with Gasteiger partial charge in [-0.3, -0.25) is 0 Å². The van der Waals surface area contributed by atoms with E-state index in [2.05, 4.69) is 54.9 Å². The number of rotatable bonds is 2. The maximum atomic E-state index is 2.49. The first-order valence-corrected chi connectivity index (χ1v) is 7.88. The first-order chi connectivity index (χ1) is 9.66. The van der Waals surface area contributed by atoms with Gasteiger partial charge in [0.2, 0.25) is 0 Å². The number of hydrogen-bond donors (Lipinski definition) is 0. The van der Waals surface area contributed by atoms with Gasteiger partial charge in [0.25, 0.3) is 0 Å². The minimum atomic E-state index is 0. The second-order valence-corrected chi connectivity index (χ2v) is 7.01. The van der Waals surface area contributed by atoms with Crippen molar-refractivity contribution in [2.75, 3.05) is 20.6 Å². The molecular weight excluding hydrogens is 280 g/mol. The van der Waals surface area contributed by atoms with Crippen molar-refractivity contribution in [3.63, 3.8) is 0 Å². The second kappa shape index (κ2) is 5.33. The number of benzene rings is 1. The van der Waals surface area contributed by atoms with Gasteiger partial charge in [0.1, 0.15) is 0 Å². The summed E-state index contributed by atoms with van der Waals surface area (Å²) in [6.45, 7) is 1.24. The number of para-hydroxylation sites is 1. The topological polar surface area (TPSA) is 8.17 Å². The zero-order chi connectivity index (χ0) is 13.9. The van der Waals surface area contributed by atoms with Crippen LogP contribution in [0.25, 0.3) is 10.9 Å². The fourth-order valence-corrected chi connectivity index (χ4v) is 4.88. The number of nitrogens with zero attached hydrogens (tertiary/aromatic N) is 2. The molecule has 0 N–H and O–H groups in total. The van der Waals surface area contributed by atoms with E-state index >= 15 is 0 Å². The van der Waals surface area contributed by atoms with Crippen molar-refractivity contribution in [1.29, 1.82) is 0 Å². The van der Waals surface area contributed by atoms with E-state index < -0.39 is 0 Å². The molecule has 3 heteroatoms. The van der Waals surface area contributed by atoms with E-state index in [1.165, 1.54) is 36.7 Å². The highest BCUT2D eigenvalue weighted by atomic mass is 35.5. The molecule has 0 amide bonds. The highest BCUT2D eigenvalue weighted by molar-refractivity contribution is 5.87. The SMILES string of the molecule is CN(C)CC1CC2CCC1c1c2c2ccccc2n1C.Cl. The fourth-order valence-electron chi connectivity index (χ4n) is 4.88. The maximum Gasteiger partial charge on any atom is 0.0482 e. The van der Waals surface area contributed by atoms with E-state index in [0.717, 1.165) is 17.8 Å². The monoisotopic (exact) mass is 304 g/mol. The zero-order valence-corrected chi connectivity index (χ0v) is 14.0. The molecule has 5 rings (SSSR count). The lowest BCUT2D eigenvalue weighted by atomic mass is 9.63. The largest absolute Gasteiger partial charge is 0.347 e. The highest BCUT2D eigenvalue weighted by Gasteiger charge is 2.42. The Hall–Kier alpha value is -0.990. The quantitative estimate of drug-likeness (QED) is 0.809. The van der Waals surface area contributed by atoms with Crippen LogP contribution in [0.2, 0.25) is 0 Å². The third kappa shape index (κ3) is 2.11. The van der Waals surface area contributed by atoms with E-state index in [0.29, 0.717) is 0 Å². The van der Waals surface area contributed by atoms with Crippen molar-refractivity contribution in [3.8, 4) is 0 Å². The molecule has 0 aliphatic heterocycles. The summed E-state index contributed by atoms with van der Waals surface area (Å²) in [4.78, 5) is 2.37. The summed E-state index contributed by atoms with van der Waals surface area (Å²) in [5, 5.41) is 1.52. The summed E-state index contributed by atoms with van der Waals surface area (Å²) in [5.74, 6) is 2.42. The Morgan fingerprint density at radius 3 is 2.71 bits per heavy atom. The summed E-state index contributed by atoms with van der Waals surface area (Å²) in [7, 11) is 6.70. The van der Waals surface area contributed by atoms with E-state index in [1.54, 1.807) is 11.3 Å². The molecule has 2 nitrogen and oxygen atoms in total. The molecule has 1 saturated carbocycles. The van der Waals surface area contributed by atoms with Crippen LogP contribution in [-0.2, 0) is 7.05 Å². The molecule has 0 radical (unpaired) electrons. The van der Waals surface area contributed by atoms with Gasteiger partial charge in [0.05, 0.1) is 0 Å². The van der Waals surface area contributed by atoms with Gasteiger partial charge in [0, 0.05) is 36.1 Å². The molecule has 1 heterocycles. The van der Waals surface area contributed by atoms with Gasteiger partial charge in [-0.05, 0) is 56.8 Å². The summed E-state index contributed by atoms with van der Waals surface area (Å²) in [6.07, 6.45) is 4.18. The Labute approximate surface area is 133 Å². The lowest BCUT2D eigenvalue weighted by Crippen LogP contribution is -2.36. The first-order valence-electron chi connectivity index (χ1n) is 7.88. The van der Waals surface area contributed by atoms with Gasteiger partial charge in [-0.2, -0.15) is 0 Å². The Balaban J connectivity index is 0.00000132. The van der Waals surface area contributed by atoms with Gasteiger partial charge in [0.15, 0.2) is 0 Å². The Morgan fingerprint density at radius 2 is 1.95 bits per heavy atom. The molecule has 0 spiro atoms. The van der Waals surface area contributed by atoms with Gasteiger partial charge in [-0.25, -0.2) is 0 Å². The van der Waals surface area contributed by atoms with Crippen LogP contribution in [0, 0.1) is 5.92 Å². The summed E-state index contributed by atoms with van der Waals surface area (Å²) < 4.78 is 2.49. The van der Waals surface area contributed by atoms with Crippen LogP contribution >= 0.6 is 12.4 Å². The molecular formula is C18H25ClN2. The summed E-state index contributed by atoms with van der Waals surface area (Å²) in [6, 6.07) is 8.99. The first kappa shape index (κ1) is 14.9. The zero-order valence-electron chi connectivity index (χ0n) is 13.2. The average Bonchev–Trinajstić information content (AvgIpc) is 2.75. The van der Waals surface area contributed by atoms with E-state index in [1.807, 2.05) is 0 Å². The fraction of sp³-hybridized carbons (Fsp3) is 0.556. The van der Waals surface area contributed by atoms with Crippen LogP contribution in [0.3, 0.4) is 0 Å². The smallest absolute Gasteiger partial charge is 0.0482 e. The molecule has 3 atom stereocenters. The number of hydrogen-bond acceptors (Lipinski definition) is 1. The number of fused-ring (bicyclic) bond motifs is 3. The average molecular weight is 305 g/mol. The molecule has 2 aromatic rings. The predicted octanol–water partition coefficient (Wildman–Crippen LogP) is 4.14. The van der Waals surface area contributed by atoms with Gasteiger partial charge in [-0.1, -0.05) is 18.2 Å². The standard InChI is InChI=1S/C18H24N2.ClH/c1-19(2)11-13-10-12-8-9-14(13)18-17(12)15-6-4-5-7-16(15)20(18)3;/h4-7,12-14H,8-11H2,1-3H3;1H. The van der Waals surface area contributed by atoms with E-state index in [9.17, 15) is 0 Å². The molecule has 1 aromatic heterocycles. The number of aryl methyl sites for hydroxylation is 1. The van der Waals surface area contributed by atoms with Gasteiger partial charge >= 0.3 is 0 Å². The molecule has 3 unspecified atom stereocenters. The molecule has 21 heavy (non-hydrogen) atoms. The van der Waals surface area contributed by atoms with Crippen LogP contribution in [0.15, 0.2) is 24.3 Å². The predicted molar refractivity (Wildman–Crippen MR) is 91.5 cm³/mol. The maximum absolute atomic E-state index is 2.49. The van der Waals surface area contributed by atoms with E-state index in [4.69, 9.17) is 0 Å². The highest BCUT2D eigenvalue weighted by Crippen LogP contribution is 2.55. The third-order valence-electron chi connectivity index (χ3n) is 5.53. The van der Waals surface area contributed by atoms with E-state index in [-0.39, 0.29) is 12.4 Å². The molecule has 3 aliphatic rings. The van der Waals surface area contributed by atoms with Gasteiger partial charge in [-0.15, -0.1) is 12.4 Å². The van der Waals surface area contributed by atoms with Crippen molar-refractivity contribution in [2.45, 2.75) is 31.1 Å². The molecule has 3 aliphatic carbocycles. The summed E-state index contributed by atoms with van der Waals surface area (Å²) in [5.41, 5.74) is 4.77. The van der Waals surface area contributed by atoms with Crippen LogP contribution in [0.4, 0.5) is 0 Å². The van der Waals surface area contributed by atoms with Crippen LogP contribution in [0.1, 0.15) is 42.4 Å². The molecule has 2 bridgehead atoms. The Morgan fingerprint density at radius 1 is 1.19 bits per heavy atom. The molecule has 114 valence electrons. The number of halogens is 1. The van der Waals surface area contributed by atoms with Crippen LogP contribution in [0.5, 0.6) is 0 Å². The molecule has 1 fully saturated rings. The normalized spacial score (nSPS) is 27.0. The Bertz CT molecular complexity index is 659. The lowest BCUT2D eigenvalue weighted by Gasteiger charge is -2.44. The summed E-state index contributed by atoms with van der Waals surface area (Å²) >= 11 is 0. The van der Waals surface area contributed by atoms with Crippen molar-refractivity contribution in [2.24, 2.45) is 13.0 Å². The third-order valence-corrected chi connectivity index (χ3v) is 5.53. The van der Waals surface area contributed by atoms with Crippen LogP contribution < -0.4 is 0 Å². The minimum Gasteiger partial charge on any atom is -0.347 e. The minimum absolute atomic E-state index is 0. The Kier molecular flexibility index (Phi) is 3.79. The lowest BCUT2D eigenvalue weighted by molar-refractivity contribution is 0.193.